The SMILES string of the molecule is CC(C)C(NCC1(C)CCOCC1)C(=O)O. The number of carboxylic acid groups (broad SMARTS) is 1. The average molecular weight is 229 g/mol. The third-order valence-corrected chi connectivity index (χ3v) is 3.38. The van der Waals surface area contributed by atoms with Crippen LogP contribution in [0.1, 0.15) is 33.6 Å². The van der Waals surface area contributed by atoms with Crippen LogP contribution in [0.15, 0.2) is 0 Å². The second kappa shape index (κ2) is 5.64. The minimum Gasteiger partial charge on any atom is -0.480 e. The quantitative estimate of drug-likeness (QED) is 0.750. The van der Waals surface area contributed by atoms with E-state index in [4.69, 9.17) is 9.84 Å². The van der Waals surface area contributed by atoms with Gasteiger partial charge in [0.25, 0.3) is 0 Å². The molecule has 4 nitrogen and oxygen atoms in total. The molecule has 1 aliphatic heterocycles. The van der Waals surface area contributed by atoms with Crippen molar-refractivity contribution in [3.8, 4) is 0 Å². The Bertz CT molecular complexity index is 234. The predicted octanol–water partition coefficient (Wildman–Crippen LogP) is 1.50. The molecule has 0 spiro atoms. The first-order chi connectivity index (χ1) is 7.44. The summed E-state index contributed by atoms with van der Waals surface area (Å²) in [5.41, 5.74) is 0.181. The van der Waals surface area contributed by atoms with Gasteiger partial charge in [0.15, 0.2) is 0 Å². The average Bonchev–Trinajstić information content (AvgIpc) is 2.17. The minimum atomic E-state index is -0.759. The van der Waals surface area contributed by atoms with Crippen LogP contribution in [0.5, 0.6) is 0 Å². The number of aliphatic carboxylic acids is 1. The molecule has 16 heavy (non-hydrogen) atoms. The van der Waals surface area contributed by atoms with Crippen LogP contribution in [0.2, 0.25) is 0 Å². The number of nitrogens with one attached hydrogen (secondary N) is 1. The first kappa shape index (κ1) is 13.5. The van der Waals surface area contributed by atoms with Gasteiger partial charge in [0.2, 0.25) is 0 Å². The lowest BCUT2D eigenvalue weighted by atomic mass is 9.82. The molecule has 1 aliphatic rings. The summed E-state index contributed by atoms with van der Waals surface area (Å²) in [6, 6.07) is -0.445. The number of carbonyl (C=O) groups is 1. The molecular weight excluding hydrogens is 206 g/mol. The first-order valence-electron chi connectivity index (χ1n) is 5.98. The lowest BCUT2D eigenvalue weighted by Gasteiger charge is -2.35. The van der Waals surface area contributed by atoms with Crippen LogP contribution in [0.4, 0.5) is 0 Å². The standard InChI is InChI=1S/C12H23NO3/c1-9(2)10(11(14)15)13-8-12(3)4-6-16-7-5-12/h9-10,13H,4-8H2,1-3H3,(H,14,15). The maximum Gasteiger partial charge on any atom is 0.320 e. The predicted molar refractivity (Wildman–Crippen MR) is 62.4 cm³/mol. The highest BCUT2D eigenvalue weighted by Gasteiger charge is 2.30. The van der Waals surface area contributed by atoms with Crippen LogP contribution >= 0.6 is 0 Å². The lowest BCUT2D eigenvalue weighted by Crippen LogP contribution is -2.47. The van der Waals surface area contributed by atoms with Gasteiger partial charge in [-0.3, -0.25) is 4.79 Å². The lowest BCUT2D eigenvalue weighted by molar-refractivity contribution is -0.140. The summed E-state index contributed by atoms with van der Waals surface area (Å²) >= 11 is 0. The Morgan fingerprint density at radius 1 is 1.44 bits per heavy atom. The molecule has 1 heterocycles. The number of carboxylic acids is 1. The van der Waals surface area contributed by atoms with E-state index in [0.29, 0.717) is 0 Å². The highest BCUT2D eigenvalue weighted by Crippen LogP contribution is 2.28. The van der Waals surface area contributed by atoms with E-state index >= 15 is 0 Å². The number of hydrogen-bond donors (Lipinski definition) is 2. The summed E-state index contributed by atoms with van der Waals surface area (Å²) in [4.78, 5) is 11.0. The topological polar surface area (TPSA) is 58.6 Å². The van der Waals surface area contributed by atoms with Crippen molar-refractivity contribution >= 4 is 5.97 Å². The summed E-state index contributed by atoms with van der Waals surface area (Å²) in [6.07, 6.45) is 2.01. The van der Waals surface area contributed by atoms with Crippen LogP contribution in [0, 0.1) is 11.3 Å². The van der Waals surface area contributed by atoms with Crippen LogP contribution in [0.3, 0.4) is 0 Å². The van der Waals surface area contributed by atoms with Crippen molar-refractivity contribution in [2.24, 2.45) is 11.3 Å². The van der Waals surface area contributed by atoms with E-state index in [1.54, 1.807) is 0 Å². The monoisotopic (exact) mass is 229 g/mol. The molecule has 1 saturated heterocycles. The van der Waals surface area contributed by atoms with Crippen LogP contribution in [-0.2, 0) is 9.53 Å². The molecule has 0 aliphatic carbocycles. The molecule has 0 amide bonds. The zero-order valence-corrected chi connectivity index (χ0v) is 10.5. The largest absolute Gasteiger partial charge is 0.480 e. The van der Waals surface area contributed by atoms with Crippen molar-refractivity contribution in [3.05, 3.63) is 0 Å². The molecule has 0 bridgehead atoms. The fraction of sp³-hybridized carbons (Fsp3) is 0.917. The van der Waals surface area contributed by atoms with Crippen LogP contribution in [-0.4, -0.2) is 36.9 Å². The van der Waals surface area contributed by atoms with Gasteiger partial charge in [-0.25, -0.2) is 0 Å². The first-order valence-corrected chi connectivity index (χ1v) is 5.98. The summed E-state index contributed by atoms with van der Waals surface area (Å²) in [5, 5.41) is 12.2. The number of hydrogen-bond acceptors (Lipinski definition) is 3. The van der Waals surface area contributed by atoms with E-state index in [2.05, 4.69) is 12.2 Å². The third kappa shape index (κ3) is 3.76. The van der Waals surface area contributed by atoms with Gasteiger partial charge in [-0.2, -0.15) is 0 Å². The Hall–Kier alpha value is -0.610. The molecule has 4 heteroatoms. The van der Waals surface area contributed by atoms with E-state index in [0.717, 1.165) is 32.6 Å². The summed E-state index contributed by atoms with van der Waals surface area (Å²) < 4.78 is 5.32. The van der Waals surface area contributed by atoms with Crippen molar-refractivity contribution in [2.75, 3.05) is 19.8 Å². The third-order valence-electron chi connectivity index (χ3n) is 3.38. The number of ether oxygens (including phenoxy) is 1. The molecule has 0 radical (unpaired) electrons. The second-order valence-electron chi connectivity index (χ2n) is 5.36. The Morgan fingerprint density at radius 2 is 2.00 bits per heavy atom. The van der Waals surface area contributed by atoms with Crippen molar-refractivity contribution in [3.63, 3.8) is 0 Å². The van der Waals surface area contributed by atoms with Gasteiger partial charge >= 0.3 is 5.97 Å². The smallest absolute Gasteiger partial charge is 0.320 e. The molecule has 1 atom stereocenters. The Balaban J connectivity index is 2.44. The maximum atomic E-state index is 11.0. The van der Waals surface area contributed by atoms with Gasteiger partial charge in [0, 0.05) is 19.8 Å². The van der Waals surface area contributed by atoms with E-state index in [-0.39, 0.29) is 11.3 Å². The van der Waals surface area contributed by atoms with Crippen LogP contribution < -0.4 is 5.32 Å². The molecular formula is C12H23NO3. The highest BCUT2D eigenvalue weighted by molar-refractivity contribution is 5.73. The van der Waals surface area contributed by atoms with Crippen molar-refractivity contribution in [1.82, 2.24) is 5.32 Å². The van der Waals surface area contributed by atoms with Crippen molar-refractivity contribution in [1.29, 1.82) is 0 Å². The molecule has 2 N–H and O–H groups in total. The Kier molecular flexibility index (Phi) is 4.74. The van der Waals surface area contributed by atoms with Gasteiger partial charge in [0.05, 0.1) is 0 Å². The van der Waals surface area contributed by atoms with Crippen molar-refractivity contribution < 1.29 is 14.6 Å². The Labute approximate surface area is 97.4 Å². The molecule has 1 rings (SSSR count). The van der Waals surface area contributed by atoms with E-state index in [1.165, 1.54) is 0 Å². The zero-order chi connectivity index (χ0) is 12.2. The van der Waals surface area contributed by atoms with E-state index in [9.17, 15) is 4.79 Å². The van der Waals surface area contributed by atoms with Gasteiger partial charge in [-0.15, -0.1) is 0 Å². The fourth-order valence-corrected chi connectivity index (χ4v) is 2.01. The minimum absolute atomic E-state index is 0.112. The van der Waals surface area contributed by atoms with Gasteiger partial charge in [-0.05, 0) is 24.2 Å². The van der Waals surface area contributed by atoms with E-state index < -0.39 is 12.0 Å². The summed E-state index contributed by atoms with van der Waals surface area (Å²) in [5.74, 6) is -0.647. The number of rotatable bonds is 5. The maximum absolute atomic E-state index is 11.0. The molecule has 0 aromatic heterocycles. The summed E-state index contributed by atoms with van der Waals surface area (Å²) in [7, 11) is 0. The van der Waals surface area contributed by atoms with E-state index in [1.807, 2.05) is 13.8 Å². The van der Waals surface area contributed by atoms with Crippen LogP contribution in [0.25, 0.3) is 0 Å². The normalized spacial score (nSPS) is 22.0. The molecule has 0 saturated carbocycles. The second-order valence-corrected chi connectivity index (χ2v) is 5.36. The molecule has 1 fully saturated rings. The molecule has 1 unspecified atom stereocenters. The molecule has 0 aromatic rings. The van der Waals surface area contributed by atoms with Gasteiger partial charge in [-0.1, -0.05) is 20.8 Å². The molecule has 0 aromatic carbocycles. The molecule has 94 valence electrons. The van der Waals surface area contributed by atoms with Gasteiger partial charge in [0.1, 0.15) is 6.04 Å². The zero-order valence-electron chi connectivity index (χ0n) is 10.5. The fourth-order valence-electron chi connectivity index (χ4n) is 2.01. The van der Waals surface area contributed by atoms with Crippen molar-refractivity contribution in [2.45, 2.75) is 39.7 Å². The van der Waals surface area contributed by atoms with Gasteiger partial charge < -0.3 is 15.2 Å². The summed E-state index contributed by atoms with van der Waals surface area (Å²) in [6.45, 7) is 8.39. The Morgan fingerprint density at radius 3 is 2.44 bits per heavy atom. The highest BCUT2D eigenvalue weighted by atomic mass is 16.5.